The van der Waals surface area contributed by atoms with Crippen LogP contribution >= 0.6 is 0 Å². The number of fused-ring (bicyclic) bond motifs is 3. The summed E-state index contributed by atoms with van der Waals surface area (Å²) in [6.45, 7) is 1.53. The van der Waals surface area contributed by atoms with Crippen LogP contribution < -0.4 is 9.64 Å². The maximum absolute atomic E-state index is 13.4. The van der Waals surface area contributed by atoms with E-state index in [1.807, 2.05) is 5.01 Å². The minimum Gasteiger partial charge on any atom is -0.497 e. The molecule has 7 heteroatoms. The molecule has 0 radical (unpaired) electrons. The number of benzene rings is 2. The highest BCUT2D eigenvalue weighted by Crippen LogP contribution is 2.48. The van der Waals surface area contributed by atoms with Crippen LogP contribution in [0, 0.1) is 11.7 Å². The van der Waals surface area contributed by atoms with E-state index in [1.165, 1.54) is 17.0 Å². The van der Waals surface area contributed by atoms with Crippen molar-refractivity contribution in [3.8, 4) is 5.75 Å². The Bertz CT molecular complexity index is 931. The lowest BCUT2D eigenvalue weighted by Gasteiger charge is -2.29. The Morgan fingerprint density at radius 3 is 2.18 bits per heavy atom. The molecular formula is C21H20FN3O3. The summed E-state index contributed by atoms with van der Waals surface area (Å²) >= 11 is 0. The SMILES string of the molecule is COc1ccc(N2C(=O)[C@@H]3[C@@H](C2=O)N2CCCN2[C@@H]3c2ccc(F)cc2)cc1. The van der Waals surface area contributed by atoms with Gasteiger partial charge in [-0.3, -0.25) is 9.59 Å². The molecule has 5 rings (SSSR count). The Hall–Kier alpha value is -2.77. The molecule has 2 aromatic rings. The average Bonchev–Trinajstić information content (AvgIpc) is 3.35. The van der Waals surface area contributed by atoms with Crippen LogP contribution in [-0.2, 0) is 9.59 Å². The van der Waals surface area contributed by atoms with Gasteiger partial charge in [-0.2, -0.15) is 0 Å². The van der Waals surface area contributed by atoms with Gasteiger partial charge in [-0.15, -0.1) is 0 Å². The van der Waals surface area contributed by atoms with E-state index in [4.69, 9.17) is 4.74 Å². The number of methoxy groups -OCH3 is 1. The van der Waals surface area contributed by atoms with Gasteiger partial charge in [-0.05, 0) is 48.4 Å². The van der Waals surface area contributed by atoms with Crippen LogP contribution in [0.25, 0.3) is 0 Å². The zero-order chi connectivity index (χ0) is 19.4. The number of carbonyl (C=O) groups is 2. The van der Waals surface area contributed by atoms with Crippen molar-refractivity contribution in [3.05, 3.63) is 59.9 Å². The number of nitrogens with zero attached hydrogens (tertiary/aromatic N) is 3. The number of rotatable bonds is 3. The summed E-state index contributed by atoms with van der Waals surface area (Å²) in [5.74, 6) is -0.552. The molecule has 3 aliphatic rings. The van der Waals surface area contributed by atoms with E-state index >= 15 is 0 Å². The van der Waals surface area contributed by atoms with Gasteiger partial charge in [-0.25, -0.2) is 19.3 Å². The van der Waals surface area contributed by atoms with Gasteiger partial charge in [-0.1, -0.05) is 12.1 Å². The second-order valence-corrected chi connectivity index (χ2v) is 7.36. The summed E-state index contributed by atoms with van der Waals surface area (Å²) in [6, 6.07) is 12.4. The molecule has 0 bridgehead atoms. The highest BCUT2D eigenvalue weighted by molar-refractivity contribution is 6.24. The van der Waals surface area contributed by atoms with Crippen molar-refractivity contribution in [2.75, 3.05) is 25.1 Å². The third-order valence-electron chi connectivity index (χ3n) is 5.95. The third-order valence-corrected chi connectivity index (χ3v) is 5.95. The van der Waals surface area contributed by atoms with Gasteiger partial charge in [0.25, 0.3) is 5.91 Å². The smallest absolute Gasteiger partial charge is 0.253 e. The molecule has 0 unspecified atom stereocenters. The number of hydrazine groups is 1. The van der Waals surface area contributed by atoms with E-state index in [0.717, 1.165) is 25.1 Å². The van der Waals surface area contributed by atoms with Crippen LogP contribution in [0.3, 0.4) is 0 Å². The molecule has 3 aliphatic heterocycles. The normalized spacial score (nSPS) is 27.4. The molecule has 6 nitrogen and oxygen atoms in total. The standard InChI is InChI=1S/C21H20FN3O3/c1-28-16-9-7-15(8-10-16)25-20(26)17-18(13-3-5-14(22)6-4-13)23-11-2-12-24(23)19(17)21(25)27/h3-10,17-19H,2,11-12H2,1H3/t17-,18+,19-/m0/s1. The number of halogens is 1. The second kappa shape index (κ2) is 6.39. The molecule has 3 heterocycles. The first-order valence-electron chi connectivity index (χ1n) is 9.40. The van der Waals surface area contributed by atoms with Crippen LogP contribution in [0.5, 0.6) is 5.75 Å². The van der Waals surface area contributed by atoms with Crippen LogP contribution in [0.2, 0.25) is 0 Å². The number of imide groups is 1. The van der Waals surface area contributed by atoms with Gasteiger partial charge in [0.2, 0.25) is 5.91 Å². The summed E-state index contributed by atoms with van der Waals surface area (Å²) < 4.78 is 18.6. The second-order valence-electron chi connectivity index (χ2n) is 7.36. The number of carbonyl (C=O) groups excluding carboxylic acids is 2. The fourth-order valence-electron chi connectivity index (χ4n) is 4.76. The lowest BCUT2D eigenvalue weighted by Crippen LogP contribution is -2.44. The van der Waals surface area contributed by atoms with Crippen LogP contribution in [0.15, 0.2) is 48.5 Å². The van der Waals surface area contributed by atoms with E-state index in [1.54, 1.807) is 43.5 Å². The van der Waals surface area contributed by atoms with Gasteiger partial charge in [0, 0.05) is 13.1 Å². The molecule has 28 heavy (non-hydrogen) atoms. The summed E-state index contributed by atoms with van der Waals surface area (Å²) in [5.41, 5.74) is 1.41. The largest absolute Gasteiger partial charge is 0.497 e. The summed E-state index contributed by atoms with van der Waals surface area (Å²) in [6.07, 6.45) is 0.935. The van der Waals surface area contributed by atoms with Crippen molar-refractivity contribution in [3.63, 3.8) is 0 Å². The van der Waals surface area contributed by atoms with Gasteiger partial charge in [0.1, 0.15) is 17.6 Å². The highest BCUT2D eigenvalue weighted by Gasteiger charge is 2.62. The van der Waals surface area contributed by atoms with Crippen molar-refractivity contribution in [2.45, 2.75) is 18.5 Å². The highest BCUT2D eigenvalue weighted by atomic mass is 19.1. The Kier molecular flexibility index (Phi) is 3.96. The van der Waals surface area contributed by atoms with E-state index in [0.29, 0.717) is 11.4 Å². The lowest BCUT2D eigenvalue weighted by molar-refractivity contribution is -0.126. The summed E-state index contributed by atoms with van der Waals surface area (Å²) in [5, 5.41) is 4.15. The minimum atomic E-state index is -0.507. The predicted octanol–water partition coefficient (Wildman–Crippen LogP) is 2.37. The quantitative estimate of drug-likeness (QED) is 0.764. The van der Waals surface area contributed by atoms with Crippen LogP contribution in [0.4, 0.5) is 10.1 Å². The monoisotopic (exact) mass is 381 g/mol. The van der Waals surface area contributed by atoms with Crippen molar-refractivity contribution >= 4 is 17.5 Å². The number of amides is 2. The molecule has 2 aromatic carbocycles. The van der Waals surface area contributed by atoms with Crippen molar-refractivity contribution in [1.29, 1.82) is 0 Å². The zero-order valence-corrected chi connectivity index (χ0v) is 15.4. The zero-order valence-electron chi connectivity index (χ0n) is 15.4. The molecule has 3 atom stereocenters. The average molecular weight is 381 g/mol. The first kappa shape index (κ1) is 17.3. The Labute approximate surface area is 162 Å². The summed E-state index contributed by atoms with van der Waals surface area (Å²) in [4.78, 5) is 27.9. The molecule has 0 aromatic heterocycles. The van der Waals surface area contributed by atoms with E-state index in [9.17, 15) is 14.0 Å². The molecule has 0 spiro atoms. The number of ether oxygens (including phenoxy) is 1. The molecular weight excluding hydrogens is 361 g/mol. The molecule has 3 saturated heterocycles. The Morgan fingerprint density at radius 1 is 0.893 bits per heavy atom. The van der Waals surface area contributed by atoms with Gasteiger partial charge in [0.15, 0.2) is 0 Å². The Morgan fingerprint density at radius 2 is 1.54 bits per heavy atom. The predicted molar refractivity (Wildman–Crippen MR) is 99.9 cm³/mol. The maximum atomic E-state index is 13.4. The van der Waals surface area contributed by atoms with Crippen LogP contribution in [0.1, 0.15) is 18.0 Å². The van der Waals surface area contributed by atoms with E-state index in [-0.39, 0.29) is 23.7 Å². The number of hydrogen-bond donors (Lipinski definition) is 0. The van der Waals surface area contributed by atoms with Crippen LogP contribution in [-0.4, -0.2) is 48.1 Å². The number of hydrogen-bond acceptors (Lipinski definition) is 5. The first-order valence-corrected chi connectivity index (χ1v) is 9.40. The van der Waals surface area contributed by atoms with Gasteiger partial charge >= 0.3 is 0 Å². The molecule has 0 N–H and O–H groups in total. The van der Waals surface area contributed by atoms with Crippen molar-refractivity contribution in [1.82, 2.24) is 10.0 Å². The number of anilines is 1. The van der Waals surface area contributed by atoms with Gasteiger partial charge in [0.05, 0.1) is 24.8 Å². The van der Waals surface area contributed by atoms with E-state index < -0.39 is 12.0 Å². The first-order chi connectivity index (χ1) is 13.6. The maximum Gasteiger partial charge on any atom is 0.253 e. The lowest BCUT2D eigenvalue weighted by atomic mass is 9.90. The fourth-order valence-corrected chi connectivity index (χ4v) is 4.76. The molecule has 0 saturated carbocycles. The van der Waals surface area contributed by atoms with E-state index in [2.05, 4.69) is 5.01 Å². The molecule has 3 fully saturated rings. The Balaban J connectivity index is 1.55. The molecule has 144 valence electrons. The molecule has 2 amide bonds. The van der Waals surface area contributed by atoms with Crippen molar-refractivity contribution in [2.24, 2.45) is 5.92 Å². The minimum absolute atomic E-state index is 0.198. The third kappa shape index (κ3) is 2.40. The van der Waals surface area contributed by atoms with Crippen molar-refractivity contribution < 1.29 is 18.7 Å². The summed E-state index contributed by atoms with van der Waals surface area (Å²) in [7, 11) is 1.57. The topological polar surface area (TPSA) is 53.1 Å². The fraction of sp³-hybridized carbons (Fsp3) is 0.333. The molecule has 0 aliphatic carbocycles. The van der Waals surface area contributed by atoms with Gasteiger partial charge < -0.3 is 4.74 Å².